The van der Waals surface area contributed by atoms with E-state index in [4.69, 9.17) is 11.6 Å². The summed E-state index contributed by atoms with van der Waals surface area (Å²) in [6.45, 7) is 0.624. The number of piperidine rings is 1. The van der Waals surface area contributed by atoms with Gasteiger partial charge in [-0.1, -0.05) is 41.9 Å². The Balaban J connectivity index is 1.68. The van der Waals surface area contributed by atoms with Gasteiger partial charge in [0.05, 0.1) is 5.02 Å². The number of sulfonamides is 1. The van der Waals surface area contributed by atoms with Gasteiger partial charge in [0.15, 0.2) is 0 Å². The summed E-state index contributed by atoms with van der Waals surface area (Å²) in [5.74, 6) is -0.163. The van der Waals surface area contributed by atoms with E-state index in [0.717, 1.165) is 5.69 Å². The molecule has 3 rings (SSSR count). The van der Waals surface area contributed by atoms with E-state index in [1.54, 1.807) is 30.1 Å². The van der Waals surface area contributed by atoms with E-state index in [1.165, 1.54) is 10.4 Å². The number of benzene rings is 2. The highest BCUT2D eigenvalue weighted by Gasteiger charge is 2.34. The summed E-state index contributed by atoms with van der Waals surface area (Å²) in [6, 6.07) is 15.9. The molecule has 1 aliphatic heterocycles. The summed E-state index contributed by atoms with van der Waals surface area (Å²) in [5, 5.41) is 0.217. The Bertz CT molecular complexity index is 879. The van der Waals surface area contributed by atoms with Crippen molar-refractivity contribution in [3.8, 4) is 0 Å². The topological polar surface area (TPSA) is 57.7 Å². The van der Waals surface area contributed by atoms with Gasteiger partial charge in [0, 0.05) is 31.7 Å². The van der Waals surface area contributed by atoms with Crippen LogP contribution in [0.5, 0.6) is 0 Å². The molecule has 1 heterocycles. The molecule has 1 amide bonds. The molecule has 138 valence electrons. The van der Waals surface area contributed by atoms with Gasteiger partial charge in [-0.2, -0.15) is 4.31 Å². The first-order valence-electron chi connectivity index (χ1n) is 8.48. The Morgan fingerprint density at radius 1 is 1.04 bits per heavy atom. The Morgan fingerprint density at radius 2 is 1.62 bits per heavy atom. The van der Waals surface area contributed by atoms with Crippen molar-refractivity contribution in [2.24, 2.45) is 5.92 Å². The molecular weight excluding hydrogens is 372 g/mol. The van der Waals surface area contributed by atoms with Crippen molar-refractivity contribution >= 4 is 33.2 Å². The van der Waals surface area contributed by atoms with Gasteiger partial charge in [-0.15, -0.1) is 0 Å². The zero-order valence-corrected chi connectivity index (χ0v) is 16.1. The quantitative estimate of drug-likeness (QED) is 0.801. The van der Waals surface area contributed by atoms with Crippen LogP contribution < -0.4 is 4.90 Å². The highest BCUT2D eigenvalue weighted by molar-refractivity contribution is 7.89. The van der Waals surface area contributed by atoms with E-state index in [1.807, 2.05) is 30.3 Å². The molecule has 0 aliphatic carbocycles. The predicted molar refractivity (Wildman–Crippen MR) is 103 cm³/mol. The number of para-hydroxylation sites is 1. The number of nitrogens with zero attached hydrogens (tertiary/aromatic N) is 2. The van der Waals surface area contributed by atoms with E-state index < -0.39 is 10.0 Å². The molecule has 0 N–H and O–H groups in total. The number of hydrogen-bond donors (Lipinski definition) is 0. The van der Waals surface area contributed by atoms with E-state index in [9.17, 15) is 13.2 Å². The van der Waals surface area contributed by atoms with Crippen LogP contribution in [0.25, 0.3) is 0 Å². The van der Waals surface area contributed by atoms with Crippen molar-refractivity contribution in [2.75, 3.05) is 25.0 Å². The minimum absolute atomic E-state index is 0.0194. The first-order valence-corrected chi connectivity index (χ1v) is 10.3. The fraction of sp³-hybridized carbons (Fsp3) is 0.316. The minimum Gasteiger partial charge on any atom is -0.315 e. The summed E-state index contributed by atoms with van der Waals surface area (Å²) in [7, 11) is -1.88. The van der Waals surface area contributed by atoms with E-state index in [-0.39, 0.29) is 21.7 Å². The number of amides is 1. The van der Waals surface area contributed by atoms with Gasteiger partial charge in [0.25, 0.3) is 0 Å². The van der Waals surface area contributed by atoms with E-state index in [2.05, 4.69) is 0 Å². The third kappa shape index (κ3) is 3.77. The van der Waals surface area contributed by atoms with Gasteiger partial charge in [-0.05, 0) is 37.1 Å². The molecule has 0 radical (unpaired) electrons. The zero-order valence-electron chi connectivity index (χ0n) is 14.5. The lowest BCUT2D eigenvalue weighted by atomic mass is 9.96. The zero-order chi connectivity index (χ0) is 18.7. The lowest BCUT2D eigenvalue weighted by Crippen LogP contribution is -2.43. The van der Waals surface area contributed by atoms with Crippen molar-refractivity contribution in [1.29, 1.82) is 0 Å². The number of hydrogen-bond acceptors (Lipinski definition) is 3. The van der Waals surface area contributed by atoms with Gasteiger partial charge in [-0.3, -0.25) is 4.79 Å². The molecule has 26 heavy (non-hydrogen) atoms. The van der Waals surface area contributed by atoms with Crippen molar-refractivity contribution in [3.63, 3.8) is 0 Å². The Labute approximate surface area is 159 Å². The maximum atomic E-state index is 12.8. The number of anilines is 1. The van der Waals surface area contributed by atoms with Crippen molar-refractivity contribution in [2.45, 2.75) is 17.7 Å². The summed E-state index contributed by atoms with van der Waals surface area (Å²) < 4.78 is 27.0. The number of carbonyl (C=O) groups is 1. The van der Waals surface area contributed by atoms with Crippen molar-refractivity contribution < 1.29 is 13.2 Å². The van der Waals surface area contributed by atoms with Gasteiger partial charge in [0.1, 0.15) is 4.90 Å². The summed E-state index contributed by atoms with van der Waals surface area (Å²) in [5.41, 5.74) is 0.837. The predicted octanol–water partition coefficient (Wildman–Crippen LogP) is 3.40. The molecule has 7 heteroatoms. The van der Waals surface area contributed by atoms with Crippen molar-refractivity contribution in [3.05, 3.63) is 59.6 Å². The lowest BCUT2D eigenvalue weighted by Gasteiger charge is -2.32. The maximum Gasteiger partial charge on any atom is 0.244 e. The average molecular weight is 393 g/mol. The SMILES string of the molecule is CN(C(=O)C1CCN(S(=O)(=O)c2ccccc2Cl)CC1)c1ccccc1. The van der Waals surface area contributed by atoms with Crippen LogP contribution in [0.2, 0.25) is 5.02 Å². The van der Waals surface area contributed by atoms with E-state index >= 15 is 0 Å². The van der Waals surface area contributed by atoms with Gasteiger partial charge >= 0.3 is 0 Å². The molecule has 1 saturated heterocycles. The second-order valence-electron chi connectivity index (χ2n) is 6.34. The van der Waals surface area contributed by atoms with Crippen LogP contribution in [0.1, 0.15) is 12.8 Å². The van der Waals surface area contributed by atoms with Gasteiger partial charge in [0.2, 0.25) is 15.9 Å². The molecule has 0 spiro atoms. The number of halogens is 1. The summed E-state index contributed by atoms with van der Waals surface area (Å²) in [6.07, 6.45) is 0.999. The molecule has 0 bridgehead atoms. The molecular formula is C19H21ClN2O3S. The van der Waals surface area contributed by atoms with Crippen LogP contribution in [0.3, 0.4) is 0 Å². The minimum atomic E-state index is -3.64. The summed E-state index contributed by atoms with van der Waals surface area (Å²) in [4.78, 5) is 14.5. The third-order valence-electron chi connectivity index (χ3n) is 4.73. The van der Waals surface area contributed by atoms with Crippen LogP contribution in [0, 0.1) is 5.92 Å². The fourth-order valence-electron chi connectivity index (χ4n) is 3.19. The van der Waals surface area contributed by atoms with Crippen LogP contribution in [0.15, 0.2) is 59.5 Å². The third-order valence-corrected chi connectivity index (χ3v) is 7.13. The first kappa shape index (κ1) is 18.9. The highest BCUT2D eigenvalue weighted by atomic mass is 35.5. The van der Waals surface area contributed by atoms with Crippen LogP contribution in [0.4, 0.5) is 5.69 Å². The Morgan fingerprint density at radius 3 is 2.23 bits per heavy atom. The van der Waals surface area contributed by atoms with Gasteiger partial charge in [-0.25, -0.2) is 8.42 Å². The smallest absolute Gasteiger partial charge is 0.244 e. The highest BCUT2D eigenvalue weighted by Crippen LogP contribution is 2.29. The van der Waals surface area contributed by atoms with Crippen LogP contribution in [-0.4, -0.2) is 38.8 Å². The first-order chi connectivity index (χ1) is 12.4. The molecule has 0 saturated carbocycles. The standard InChI is InChI=1S/C19H21ClN2O3S/c1-21(16-7-3-2-4-8-16)19(23)15-11-13-22(14-12-15)26(24,25)18-10-6-5-9-17(18)20/h2-10,15H,11-14H2,1H3. The molecule has 0 atom stereocenters. The second-order valence-corrected chi connectivity index (χ2v) is 8.66. The Kier molecular flexibility index (Phi) is 5.65. The van der Waals surface area contributed by atoms with Crippen molar-refractivity contribution in [1.82, 2.24) is 4.31 Å². The van der Waals surface area contributed by atoms with E-state index in [0.29, 0.717) is 25.9 Å². The molecule has 2 aromatic rings. The van der Waals surface area contributed by atoms with Crippen LogP contribution in [-0.2, 0) is 14.8 Å². The summed E-state index contributed by atoms with van der Waals surface area (Å²) >= 11 is 6.05. The molecule has 0 unspecified atom stereocenters. The number of carbonyl (C=O) groups excluding carboxylic acids is 1. The second kappa shape index (κ2) is 7.78. The molecule has 5 nitrogen and oxygen atoms in total. The molecule has 1 fully saturated rings. The normalized spacial score (nSPS) is 16.4. The lowest BCUT2D eigenvalue weighted by molar-refractivity contribution is -0.123. The monoisotopic (exact) mass is 392 g/mol. The molecule has 2 aromatic carbocycles. The van der Waals surface area contributed by atoms with Gasteiger partial charge < -0.3 is 4.90 Å². The maximum absolute atomic E-state index is 12.8. The Hall–Kier alpha value is -1.89. The molecule has 1 aliphatic rings. The molecule has 0 aromatic heterocycles. The fourth-order valence-corrected chi connectivity index (χ4v) is 5.15. The average Bonchev–Trinajstić information content (AvgIpc) is 2.68. The number of rotatable bonds is 4. The largest absolute Gasteiger partial charge is 0.315 e. The van der Waals surface area contributed by atoms with Crippen LogP contribution >= 0.6 is 11.6 Å².